The lowest BCUT2D eigenvalue weighted by molar-refractivity contribution is -0.124. The van der Waals surface area contributed by atoms with Crippen molar-refractivity contribution in [1.29, 1.82) is 0 Å². The van der Waals surface area contributed by atoms with Crippen molar-refractivity contribution in [2.45, 2.75) is 25.7 Å². The molecule has 0 radical (unpaired) electrons. The largest absolute Gasteiger partial charge is 0.493 e. The van der Waals surface area contributed by atoms with Crippen LogP contribution in [-0.4, -0.2) is 28.3 Å². The van der Waals surface area contributed by atoms with Crippen LogP contribution in [0, 0.1) is 0 Å². The molecule has 7 nitrogen and oxygen atoms in total. The third-order valence-electron chi connectivity index (χ3n) is 3.16. The van der Waals surface area contributed by atoms with Crippen LogP contribution in [0.1, 0.15) is 13.3 Å². The van der Waals surface area contributed by atoms with Crippen molar-refractivity contribution in [3.63, 3.8) is 0 Å². The van der Waals surface area contributed by atoms with E-state index in [0.717, 1.165) is 10.9 Å². The van der Waals surface area contributed by atoms with E-state index < -0.39 is 6.29 Å². The SMILES string of the molecule is CC1CC(=O)NC(N=Nc2c(O)[nH]c3ccccc23)N1. The Labute approximate surface area is 115 Å². The Bertz CT molecular complexity index is 678. The summed E-state index contributed by atoms with van der Waals surface area (Å²) < 4.78 is 0. The molecule has 1 saturated heterocycles. The number of aromatic hydroxyl groups is 1. The Morgan fingerprint density at radius 3 is 2.95 bits per heavy atom. The van der Waals surface area contributed by atoms with E-state index in [1.54, 1.807) is 0 Å². The summed E-state index contributed by atoms with van der Waals surface area (Å²) in [5.41, 5.74) is 1.16. The van der Waals surface area contributed by atoms with Gasteiger partial charge in [-0.1, -0.05) is 18.2 Å². The van der Waals surface area contributed by atoms with E-state index in [-0.39, 0.29) is 17.8 Å². The molecule has 0 spiro atoms. The van der Waals surface area contributed by atoms with Crippen molar-refractivity contribution in [3.8, 4) is 5.88 Å². The van der Waals surface area contributed by atoms with Crippen LogP contribution in [0.15, 0.2) is 34.5 Å². The topological polar surface area (TPSA) is 102 Å². The molecule has 1 fully saturated rings. The van der Waals surface area contributed by atoms with E-state index in [4.69, 9.17) is 0 Å². The second kappa shape index (κ2) is 4.93. The number of hydrogen-bond acceptors (Lipinski definition) is 5. The molecule has 2 atom stereocenters. The zero-order chi connectivity index (χ0) is 14.1. The van der Waals surface area contributed by atoms with Gasteiger partial charge in [0, 0.05) is 17.8 Å². The number of aromatic nitrogens is 1. The van der Waals surface area contributed by atoms with E-state index in [0.29, 0.717) is 12.1 Å². The highest BCUT2D eigenvalue weighted by molar-refractivity contribution is 5.93. The number of carbonyl (C=O) groups excluding carboxylic acids is 1. The first kappa shape index (κ1) is 12.6. The first-order chi connectivity index (χ1) is 9.63. The molecule has 1 amide bonds. The van der Waals surface area contributed by atoms with Crippen LogP contribution in [0.3, 0.4) is 0 Å². The van der Waals surface area contributed by atoms with Gasteiger partial charge in [-0.2, -0.15) is 0 Å². The quantitative estimate of drug-likeness (QED) is 0.627. The summed E-state index contributed by atoms with van der Waals surface area (Å²) in [5, 5.41) is 24.5. The molecule has 4 N–H and O–H groups in total. The van der Waals surface area contributed by atoms with Crippen molar-refractivity contribution in [3.05, 3.63) is 24.3 Å². The highest BCUT2D eigenvalue weighted by atomic mass is 16.3. The van der Waals surface area contributed by atoms with Gasteiger partial charge < -0.3 is 15.4 Å². The summed E-state index contributed by atoms with van der Waals surface area (Å²) in [6.07, 6.45) is -0.149. The summed E-state index contributed by atoms with van der Waals surface area (Å²) in [6.45, 7) is 1.91. The Morgan fingerprint density at radius 1 is 1.35 bits per heavy atom. The van der Waals surface area contributed by atoms with Crippen LogP contribution >= 0.6 is 0 Å². The van der Waals surface area contributed by atoms with Crippen LogP contribution in [0.4, 0.5) is 5.69 Å². The zero-order valence-electron chi connectivity index (χ0n) is 10.9. The summed E-state index contributed by atoms with van der Waals surface area (Å²) in [7, 11) is 0. The molecule has 7 heteroatoms. The fourth-order valence-electron chi connectivity index (χ4n) is 2.25. The number of fused-ring (bicyclic) bond motifs is 1. The molecule has 1 aromatic carbocycles. The Hall–Kier alpha value is -2.41. The van der Waals surface area contributed by atoms with Gasteiger partial charge in [-0.3, -0.25) is 10.1 Å². The maximum atomic E-state index is 11.4. The molecule has 2 heterocycles. The van der Waals surface area contributed by atoms with E-state index in [2.05, 4.69) is 25.8 Å². The lowest BCUT2D eigenvalue weighted by atomic mass is 10.2. The van der Waals surface area contributed by atoms with Gasteiger partial charge in [0.15, 0.2) is 12.0 Å². The summed E-state index contributed by atoms with van der Waals surface area (Å²) in [4.78, 5) is 14.2. The van der Waals surface area contributed by atoms with Crippen molar-refractivity contribution < 1.29 is 9.90 Å². The minimum absolute atomic E-state index is 0.0369. The molecule has 2 unspecified atom stereocenters. The zero-order valence-corrected chi connectivity index (χ0v) is 10.9. The van der Waals surface area contributed by atoms with Crippen molar-refractivity contribution in [2.75, 3.05) is 0 Å². The minimum atomic E-state index is -0.570. The number of para-hydroxylation sites is 1. The Morgan fingerprint density at radius 2 is 2.15 bits per heavy atom. The van der Waals surface area contributed by atoms with Crippen LogP contribution < -0.4 is 10.6 Å². The van der Waals surface area contributed by atoms with E-state index >= 15 is 0 Å². The second-order valence-electron chi connectivity index (χ2n) is 4.83. The lowest BCUT2D eigenvalue weighted by Crippen LogP contribution is -2.54. The molecule has 1 aliphatic rings. The van der Waals surface area contributed by atoms with Crippen LogP contribution in [0.25, 0.3) is 10.9 Å². The first-order valence-corrected chi connectivity index (χ1v) is 6.39. The number of nitrogens with one attached hydrogen (secondary N) is 3. The molecule has 104 valence electrons. The summed E-state index contributed by atoms with van der Waals surface area (Å²) >= 11 is 0. The molecule has 0 bridgehead atoms. The molecule has 0 saturated carbocycles. The molecule has 0 aliphatic carbocycles. The lowest BCUT2D eigenvalue weighted by Gasteiger charge is -2.25. The van der Waals surface area contributed by atoms with Gasteiger partial charge in [0.2, 0.25) is 11.8 Å². The van der Waals surface area contributed by atoms with E-state index in [9.17, 15) is 9.90 Å². The highest BCUT2D eigenvalue weighted by Gasteiger charge is 2.22. The maximum Gasteiger partial charge on any atom is 0.224 e. The van der Waals surface area contributed by atoms with Gasteiger partial charge in [0.05, 0.1) is 5.52 Å². The highest BCUT2D eigenvalue weighted by Crippen LogP contribution is 2.35. The van der Waals surface area contributed by atoms with Gasteiger partial charge in [-0.05, 0) is 13.0 Å². The Balaban J connectivity index is 1.87. The standard InChI is InChI=1S/C13H15N5O2/c1-7-6-10(19)16-13(14-7)18-17-11-8-4-2-3-5-9(8)15-12(11)20/h2-5,7,13-15,20H,6H2,1H3,(H,16,19). The average Bonchev–Trinajstić information content (AvgIpc) is 2.71. The number of hydrogen-bond donors (Lipinski definition) is 4. The predicted molar refractivity (Wildman–Crippen MR) is 73.6 cm³/mol. The van der Waals surface area contributed by atoms with Gasteiger partial charge >= 0.3 is 0 Å². The number of benzene rings is 1. The molecule has 2 aromatic rings. The number of rotatable bonds is 2. The van der Waals surface area contributed by atoms with Crippen molar-refractivity contribution in [2.24, 2.45) is 10.2 Å². The van der Waals surface area contributed by atoms with Crippen molar-refractivity contribution >= 4 is 22.5 Å². The number of aromatic amines is 1. The smallest absolute Gasteiger partial charge is 0.224 e. The summed E-state index contributed by atoms with van der Waals surface area (Å²) in [5.74, 6) is -0.103. The van der Waals surface area contributed by atoms with Gasteiger partial charge in [0.25, 0.3) is 0 Å². The molecule has 1 aromatic heterocycles. The van der Waals surface area contributed by atoms with Crippen LogP contribution in [0.2, 0.25) is 0 Å². The summed E-state index contributed by atoms with van der Waals surface area (Å²) in [6, 6.07) is 7.46. The first-order valence-electron chi connectivity index (χ1n) is 6.39. The minimum Gasteiger partial charge on any atom is -0.493 e. The third-order valence-corrected chi connectivity index (χ3v) is 3.16. The van der Waals surface area contributed by atoms with Crippen molar-refractivity contribution in [1.82, 2.24) is 15.6 Å². The van der Waals surface area contributed by atoms with Gasteiger partial charge in [0.1, 0.15) is 0 Å². The average molecular weight is 273 g/mol. The molecular weight excluding hydrogens is 258 g/mol. The Kier molecular flexibility index (Phi) is 3.11. The molecule has 20 heavy (non-hydrogen) atoms. The van der Waals surface area contributed by atoms with E-state index in [1.165, 1.54) is 0 Å². The van der Waals surface area contributed by atoms with Gasteiger partial charge in [-0.15, -0.1) is 10.2 Å². The third kappa shape index (κ3) is 2.35. The number of H-pyrrole nitrogens is 1. The number of azo groups is 1. The molecular formula is C13H15N5O2. The number of carbonyl (C=O) groups is 1. The molecule has 1 aliphatic heterocycles. The second-order valence-corrected chi connectivity index (χ2v) is 4.83. The normalized spacial score (nSPS) is 23.4. The number of amides is 1. The monoisotopic (exact) mass is 273 g/mol. The number of nitrogens with zero attached hydrogens (tertiary/aromatic N) is 2. The predicted octanol–water partition coefficient (Wildman–Crippen LogP) is 1.74. The fourth-order valence-corrected chi connectivity index (χ4v) is 2.25. The maximum absolute atomic E-state index is 11.4. The van der Waals surface area contributed by atoms with Crippen LogP contribution in [0.5, 0.6) is 5.88 Å². The van der Waals surface area contributed by atoms with Crippen LogP contribution in [-0.2, 0) is 4.79 Å². The molecule has 3 rings (SSSR count). The fraction of sp³-hybridized carbons (Fsp3) is 0.308. The van der Waals surface area contributed by atoms with Gasteiger partial charge in [-0.25, -0.2) is 0 Å². The van der Waals surface area contributed by atoms with E-state index in [1.807, 2.05) is 31.2 Å².